The van der Waals surface area contributed by atoms with Crippen LogP contribution in [0.3, 0.4) is 0 Å². The van der Waals surface area contributed by atoms with Crippen molar-refractivity contribution in [1.82, 2.24) is 0 Å². The summed E-state index contributed by atoms with van der Waals surface area (Å²) in [4.78, 5) is 13.8. The molecule has 0 saturated heterocycles. The van der Waals surface area contributed by atoms with Crippen LogP contribution in [0.15, 0.2) is 30.5 Å². The third-order valence-electron chi connectivity index (χ3n) is 5.89. The van der Waals surface area contributed by atoms with Gasteiger partial charge in [-0.1, -0.05) is 6.07 Å². The van der Waals surface area contributed by atoms with Crippen molar-refractivity contribution in [2.45, 2.75) is 31.5 Å². The molecule has 0 unspecified atom stereocenters. The van der Waals surface area contributed by atoms with Gasteiger partial charge in [0.25, 0.3) is 0 Å². The Morgan fingerprint density at radius 2 is 1.83 bits per heavy atom. The highest BCUT2D eigenvalue weighted by atomic mass is 16.5. The van der Waals surface area contributed by atoms with Crippen LogP contribution in [-0.2, 0) is 10.3 Å². The van der Waals surface area contributed by atoms with E-state index in [2.05, 4.69) is 0 Å². The molecule has 2 aromatic rings. The second-order valence-corrected chi connectivity index (χ2v) is 7.89. The van der Waals surface area contributed by atoms with E-state index in [4.69, 9.17) is 23.7 Å². The molecule has 0 amide bonds. The summed E-state index contributed by atoms with van der Waals surface area (Å²) >= 11 is 0. The average Bonchev–Trinajstić information content (AvgIpc) is 2.71. The number of methoxy groups -OCH3 is 2. The fourth-order valence-electron chi connectivity index (χ4n) is 4.43. The smallest absolute Gasteiger partial charge is 0.178 e. The summed E-state index contributed by atoms with van der Waals surface area (Å²) in [6, 6.07) is 7.41. The number of Topliss-reactive ketones (excluding diaryl/α,β-unsaturated/α-hetero) is 1. The molecule has 0 bridgehead atoms. The van der Waals surface area contributed by atoms with Gasteiger partial charge in [0.2, 0.25) is 0 Å². The first kappa shape index (κ1) is 17.9. The number of carbonyl (C=O) groups excluding carboxylic acids is 1. The van der Waals surface area contributed by atoms with Crippen LogP contribution in [0, 0.1) is 0 Å². The molecule has 150 valence electrons. The summed E-state index contributed by atoms with van der Waals surface area (Å²) in [5, 5.41) is 0. The molecule has 5 rings (SSSR count). The number of fused-ring (bicyclic) bond motifs is 6. The molecule has 6 nitrogen and oxygen atoms in total. The van der Waals surface area contributed by atoms with Gasteiger partial charge in [-0.3, -0.25) is 4.79 Å². The van der Waals surface area contributed by atoms with Crippen molar-refractivity contribution >= 4 is 11.9 Å². The summed E-state index contributed by atoms with van der Waals surface area (Å²) in [6.07, 6.45) is 3.10. The molecule has 0 aliphatic carbocycles. The first-order valence-corrected chi connectivity index (χ1v) is 9.56. The van der Waals surface area contributed by atoms with Gasteiger partial charge in [-0.2, -0.15) is 0 Å². The van der Waals surface area contributed by atoms with Gasteiger partial charge in [-0.15, -0.1) is 0 Å². The van der Waals surface area contributed by atoms with E-state index in [0.29, 0.717) is 35.2 Å². The Morgan fingerprint density at radius 3 is 2.59 bits per heavy atom. The second-order valence-electron chi connectivity index (χ2n) is 7.89. The predicted octanol–water partition coefficient (Wildman–Crippen LogP) is 4.06. The largest absolute Gasteiger partial charge is 0.493 e. The molecule has 0 saturated carbocycles. The van der Waals surface area contributed by atoms with Gasteiger partial charge < -0.3 is 23.7 Å². The zero-order valence-corrected chi connectivity index (χ0v) is 16.8. The standard InChI is InChI=1S/C23H22O6/c1-23(2)14-5-6-15-20(12(14)7-8-28-23)22(24)21-13-9-17(25-3)18(26-4)10-16(13)27-11-19(21)29-15/h5-10,19,21H,11H2,1-4H3/t19-,21+/m1/s1. The fourth-order valence-corrected chi connectivity index (χ4v) is 4.43. The summed E-state index contributed by atoms with van der Waals surface area (Å²) in [6.45, 7) is 4.26. The predicted molar refractivity (Wildman–Crippen MR) is 106 cm³/mol. The molecule has 0 spiro atoms. The van der Waals surface area contributed by atoms with Crippen LogP contribution in [0.1, 0.15) is 46.8 Å². The Kier molecular flexibility index (Phi) is 3.81. The number of ketones is 1. The van der Waals surface area contributed by atoms with Gasteiger partial charge in [0, 0.05) is 17.2 Å². The van der Waals surface area contributed by atoms with E-state index in [1.165, 1.54) is 0 Å². The Morgan fingerprint density at radius 1 is 1.07 bits per heavy atom. The lowest BCUT2D eigenvalue weighted by Crippen LogP contribution is -2.43. The van der Waals surface area contributed by atoms with Crippen LogP contribution in [-0.4, -0.2) is 32.7 Å². The van der Waals surface area contributed by atoms with Crippen LogP contribution in [0.25, 0.3) is 6.08 Å². The molecular weight excluding hydrogens is 372 g/mol. The lowest BCUT2D eigenvalue weighted by atomic mass is 9.78. The highest BCUT2D eigenvalue weighted by Crippen LogP contribution is 2.49. The molecule has 29 heavy (non-hydrogen) atoms. The quantitative estimate of drug-likeness (QED) is 0.766. The average molecular weight is 394 g/mol. The number of hydrogen-bond donors (Lipinski definition) is 0. The van der Waals surface area contributed by atoms with Crippen molar-refractivity contribution in [2.24, 2.45) is 0 Å². The maximum atomic E-state index is 13.8. The third-order valence-corrected chi connectivity index (χ3v) is 5.89. The number of hydrogen-bond acceptors (Lipinski definition) is 6. The van der Waals surface area contributed by atoms with E-state index in [1.807, 2.05) is 38.1 Å². The Bertz CT molecular complexity index is 1050. The van der Waals surface area contributed by atoms with E-state index >= 15 is 0 Å². The Hall–Kier alpha value is -3.15. The highest BCUT2D eigenvalue weighted by Gasteiger charge is 2.45. The molecule has 0 radical (unpaired) electrons. The van der Waals surface area contributed by atoms with Crippen molar-refractivity contribution < 1.29 is 28.5 Å². The summed E-state index contributed by atoms with van der Waals surface area (Å²) in [5.41, 5.74) is 2.66. The van der Waals surface area contributed by atoms with Gasteiger partial charge >= 0.3 is 0 Å². The van der Waals surface area contributed by atoms with Gasteiger partial charge in [-0.25, -0.2) is 0 Å². The van der Waals surface area contributed by atoms with Crippen molar-refractivity contribution in [3.8, 4) is 23.0 Å². The molecule has 6 heteroatoms. The van der Waals surface area contributed by atoms with Crippen LogP contribution in [0.4, 0.5) is 0 Å². The number of carbonyl (C=O) groups is 1. The van der Waals surface area contributed by atoms with Gasteiger partial charge in [0.15, 0.2) is 17.3 Å². The van der Waals surface area contributed by atoms with Gasteiger partial charge in [0.1, 0.15) is 29.8 Å². The molecule has 2 atom stereocenters. The molecule has 0 N–H and O–H groups in total. The van der Waals surface area contributed by atoms with E-state index < -0.39 is 17.6 Å². The summed E-state index contributed by atoms with van der Waals surface area (Å²) < 4.78 is 28.7. The van der Waals surface area contributed by atoms with Crippen LogP contribution in [0.5, 0.6) is 23.0 Å². The monoisotopic (exact) mass is 394 g/mol. The number of benzene rings is 2. The van der Waals surface area contributed by atoms with Gasteiger partial charge in [-0.05, 0) is 37.6 Å². The zero-order chi connectivity index (χ0) is 20.3. The fraction of sp³-hybridized carbons (Fsp3) is 0.348. The van der Waals surface area contributed by atoms with Crippen molar-refractivity contribution in [1.29, 1.82) is 0 Å². The zero-order valence-electron chi connectivity index (χ0n) is 16.8. The lowest BCUT2D eigenvalue weighted by Gasteiger charge is -2.39. The SMILES string of the molecule is COc1cc2c(cc1OC)[C@@H]1C(=O)c3c(ccc4c3C=COC4(C)C)O[C@@H]1CO2. The minimum absolute atomic E-state index is 0.0206. The molecule has 2 aromatic carbocycles. The minimum Gasteiger partial charge on any atom is -0.493 e. The third kappa shape index (κ3) is 2.51. The molecule has 0 fully saturated rings. The van der Waals surface area contributed by atoms with Crippen LogP contribution < -0.4 is 18.9 Å². The maximum absolute atomic E-state index is 13.8. The molecular formula is C23H22O6. The Labute approximate surface area is 169 Å². The topological polar surface area (TPSA) is 63.2 Å². The normalized spacial score (nSPS) is 22.7. The van der Waals surface area contributed by atoms with Crippen LogP contribution in [0.2, 0.25) is 0 Å². The number of rotatable bonds is 2. The summed E-state index contributed by atoms with van der Waals surface area (Å²) in [5.74, 6) is 1.87. The molecule has 3 aliphatic heterocycles. The minimum atomic E-state index is -0.513. The summed E-state index contributed by atoms with van der Waals surface area (Å²) in [7, 11) is 3.15. The van der Waals surface area contributed by atoms with Crippen LogP contribution >= 0.6 is 0 Å². The molecule has 0 aromatic heterocycles. The highest BCUT2D eigenvalue weighted by molar-refractivity contribution is 6.08. The first-order chi connectivity index (χ1) is 13.9. The molecule has 3 heterocycles. The van der Waals surface area contributed by atoms with E-state index in [-0.39, 0.29) is 5.78 Å². The van der Waals surface area contributed by atoms with E-state index in [0.717, 1.165) is 16.7 Å². The van der Waals surface area contributed by atoms with Crippen molar-refractivity contribution in [2.75, 3.05) is 20.8 Å². The first-order valence-electron chi connectivity index (χ1n) is 9.56. The van der Waals surface area contributed by atoms with E-state index in [9.17, 15) is 4.79 Å². The lowest BCUT2D eigenvalue weighted by molar-refractivity contribution is 0.0496. The number of ether oxygens (including phenoxy) is 5. The maximum Gasteiger partial charge on any atom is 0.178 e. The second kappa shape index (κ2) is 6.17. The Balaban J connectivity index is 1.67. The molecule has 3 aliphatic rings. The van der Waals surface area contributed by atoms with Crippen molar-refractivity contribution in [3.05, 3.63) is 52.8 Å². The van der Waals surface area contributed by atoms with Gasteiger partial charge in [0.05, 0.1) is 32.0 Å². The van der Waals surface area contributed by atoms with Crippen molar-refractivity contribution in [3.63, 3.8) is 0 Å². The van der Waals surface area contributed by atoms with E-state index in [1.54, 1.807) is 26.5 Å².